The zero-order valence-corrected chi connectivity index (χ0v) is 7.14. The third-order valence-corrected chi connectivity index (χ3v) is 1.18. The molecule has 0 spiro atoms. The van der Waals surface area contributed by atoms with Crippen LogP contribution in [0.4, 0.5) is 0 Å². The van der Waals surface area contributed by atoms with E-state index in [-0.39, 0.29) is 0 Å². The van der Waals surface area contributed by atoms with Gasteiger partial charge in [0.2, 0.25) is 0 Å². The maximum Gasteiger partial charge on any atom is 0.0915 e. The SMILES string of the molecule is C=CCCCNOCCOC. The van der Waals surface area contributed by atoms with Crippen molar-refractivity contribution < 1.29 is 9.57 Å². The lowest BCUT2D eigenvalue weighted by molar-refractivity contribution is 0.00680. The topological polar surface area (TPSA) is 30.5 Å². The highest BCUT2D eigenvalue weighted by Crippen LogP contribution is 1.85. The molecular weight excluding hydrogens is 142 g/mol. The molecule has 3 heteroatoms. The summed E-state index contributed by atoms with van der Waals surface area (Å²) in [6.07, 6.45) is 3.99. The van der Waals surface area contributed by atoms with E-state index in [1.54, 1.807) is 7.11 Å². The van der Waals surface area contributed by atoms with Crippen molar-refractivity contribution in [1.82, 2.24) is 5.48 Å². The van der Waals surface area contributed by atoms with Crippen molar-refractivity contribution in [1.29, 1.82) is 0 Å². The van der Waals surface area contributed by atoms with Crippen LogP contribution in [0.1, 0.15) is 12.8 Å². The van der Waals surface area contributed by atoms with Crippen molar-refractivity contribution in [2.75, 3.05) is 26.9 Å². The molecular formula is C8H17NO2. The van der Waals surface area contributed by atoms with E-state index in [4.69, 9.17) is 9.57 Å². The minimum absolute atomic E-state index is 0.602. The Hall–Kier alpha value is -0.380. The van der Waals surface area contributed by atoms with E-state index >= 15 is 0 Å². The number of hydrogen-bond acceptors (Lipinski definition) is 3. The normalized spacial score (nSPS) is 9.91. The number of nitrogens with one attached hydrogen (secondary N) is 1. The Morgan fingerprint density at radius 2 is 2.27 bits per heavy atom. The van der Waals surface area contributed by atoms with Crippen LogP contribution < -0.4 is 5.48 Å². The molecule has 0 aromatic carbocycles. The number of allylic oxidation sites excluding steroid dienone is 1. The number of ether oxygens (including phenoxy) is 1. The maximum atomic E-state index is 5.01. The van der Waals surface area contributed by atoms with Gasteiger partial charge in [0.05, 0.1) is 13.2 Å². The van der Waals surface area contributed by atoms with Gasteiger partial charge in [0.15, 0.2) is 0 Å². The Labute approximate surface area is 68.3 Å². The second kappa shape index (κ2) is 9.62. The zero-order chi connectivity index (χ0) is 8.36. The third-order valence-electron chi connectivity index (χ3n) is 1.18. The van der Waals surface area contributed by atoms with E-state index in [1.807, 2.05) is 6.08 Å². The predicted octanol–water partition coefficient (Wildman–Crippen LogP) is 1.12. The first-order valence-corrected chi connectivity index (χ1v) is 3.86. The van der Waals surface area contributed by atoms with Crippen LogP contribution in [0.25, 0.3) is 0 Å². The molecule has 0 aromatic rings. The molecule has 0 saturated carbocycles. The van der Waals surface area contributed by atoms with E-state index < -0.39 is 0 Å². The lowest BCUT2D eigenvalue weighted by atomic mass is 10.3. The number of hydroxylamine groups is 1. The van der Waals surface area contributed by atoms with Gasteiger partial charge in [-0.3, -0.25) is 4.84 Å². The lowest BCUT2D eigenvalue weighted by Crippen LogP contribution is -2.18. The summed E-state index contributed by atoms with van der Waals surface area (Å²) in [6.45, 7) is 5.73. The lowest BCUT2D eigenvalue weighted by Gasteiger charge is -2.03. The second-order valence-corrected chi connectivity index (χ2v) is 2.17. The molecule has 11 heavy (non-hydrogen) atoms. The van der Waals surface area contributed by atoms with Crippen LogP contribution in [0, 0.1) is 0 Å². The van der Waals surface area contributed by atoms with E-state index in [2.05, 4.69) is 12.1 Å². The fourth-order valence-electron chi connectivity index (χ4n) is 0.588. The fourth-order valence-corrected chi connectivity index (χ4v) is 0.588. The average Bonchev–Trinajstić information content (AvgIpc) is 2.03. The van der Waals surface area contributed by atoms with Gasteiger partial charge in [-0.2, -0.15) is 0 Å². The van der Waals surface area contributed by atoms with Gasteiger partial charge in [0, 0.05) is 13.7 Å². The molecule has 0 aliphatic carbocycles. The molecule has 0 saturated heterocycles. The van der Waals surface area contributed by atoms with Crippen molar-refractivity contribution in [3.63, 3.8) is 0 Å². The highest BCUT2D eigenvalue weighted by atomic mass is 16.7. The van der Waals surface area contributed by atoms with Crippen LogP contribution in [-0.2, 0) is 9.57 Å². The number of hydrogen-bond donors (Lipinski definition) is 1. The summed E-state index contributed by atoms with van der Waals surface area (Å²) in [6, 6.07) is 0. The molecule has 66 valence electrons. The first-order chi connectivity index (χ1) is 5.41. The average molecular weight is 159 g/mol. The van der Waals surface area contributed by atoms with Crippen molar-refractivity contribution in [3.8, 4) is 0 Å². The van der Waals surface area contributed by atoms with Crippen LogP contribution in [0.5, 0.6) is 0 Å². The van der Waals surface area contributed by atoms with Crippen LogP contribution in [0.15, 0.2) is 12.7 Å². The predicted molar refractivity (Wildman–Crippen MR) is 45.3 cm³/mol. The van der Waals surface area contributed by atoms with Gasteiger partial charge in [-0.15, -0.1) is 6.58 Å². The quantitative estimate of drug-likeness (QED) is 0.327. The molecule has 0 bridgehead atoms. The van der Waals surface area contributed by atoms with Gasteiger partial charge >= 0.3 is 0 Å². The second-order valence-electron chi connectivity index (χ2n) is 2.17. The van der Waals surface area contributed by atoms with Gasteiger partial charge in [-0.25, -0.2) is 5.48 Å². The Bertz CT molecular complexity index is 86.2. The van der Waals surface area contributed by atoms with Gasteiger partial charge in [0.25, 0.3) is 0 Å². The molecule has 0 aliphatic rings. The summed E-state index contributed by atoms with van der Waals surface area (Å²) in [7, 11) is 1.65. The monoisotopic (exact) mass is 159 g/mol. The van der Waals surface area contributed by atoms with Crippen LogP contribution in [0.2, 0.25) is 0 Å². The number of unbranched alkanes of at least 4 members (excludes halogenated alkanes) is 1. The maximum absolute atomic E-state index is 5.01. The van der Waals surface area contributed by atoms with Gasteiger partial charge in [-0.05, 0) is 12.8 Å². The van der Waals surface area contributed by atoms with E-state index in [1.165, 1.54) is 0 Å². The molecule has 0 atom stereocenters. The van der Waals surface area contributed by atoms with E-state index in [9.17, 15) is 0 Å². The molecule has 0 radical (unpaired) electrons. The van der Waals surface area contributed by atoms with Crippen molar-refractivity contribution >= 4 is 0 Å². The van der Waals surface area contributed by atoms with Crippen molar-refractivity contribution in [2.24, 2.45) is 0 Å². The first kappa shape index (κ1) is 10.6. The van der Waals surface area contributed by atoms with E-state index in [0.717, 1.165) is 19.4 Å². The zero-order valence-electron chi connectivity index (χ0n) is 7.14. The summed E-state index contributed by atoms with van der Waals surface area (Å²) < 4.78 is 4.79. The summed E-state index contributed by atoms with van der Waals surface area (Å²) in [5, 5.41) is 0. The molecule has 0 rings (SSSR count). The number of methoxy groups -OCH3 is 1. The summed E-state index contributed by atoms with van der Waals surface area (Å²) in [4.78, 5) is 5.01. The van der Waals surface area contributed by atoms with Gasteiger partial charge in [0.1, 0.15) is 0 Å². The minimum Gasteiger partial charge on any atom is -0.382 e. The van der Waals surface area contributed by atoms with Crippen molar-refractivity contribution in [3.05, 3.63) is 12.7 Å². The number of rotatable bonds is 8. The molecule has 0 aliphatic heterocycles. The van der Waals surface area contributed by atoms with Crippen LogP contribution in [-0.4, -0.2) is 26.9 Å². The standard InChI is InChI=1S/C8H17NO2/c1-3-4-5-6-9-11-8-7-10-2/h3,9H,1,4-8H2,2H3. The highest BCUT2D eigenvalue weighted by Gasteiger charge is 1.85. The molecule has 0 amide bonds. The molecule has 0 heterocycles. The Morgan fingerprint density at radius 1 is 1.45 bits per heavy atom. The Balaban J connectivity index is 2.74. The highest BCUT2D eigenvalue weighted by molar-refractivity contribution is 4.65. The molecule has 0 aromatic heterocycles. The fraction of sp³-hybridized carbons (Fsp3) is 0.750. The first-order valence-electron chi connectivity index (χ1n) is 3.86. The largest absolute Gasteiger partial charge is 0.382 e. The van der Waals surface area contributed by atoms with E-state index in [0.29, 0.717) is 13.2 Å². The smallest absolute Gasteiger partial charge is 0.0915 e. The summed E-state index contributed by atoms with van der Waals surface area (Å²) >= 11 is 0. The van der Waals surface area contributed by atoms with Gasteiger partial charge in [-0.1, -0.05) is 6.08 Å². The van der Waals surface area contributed by atoms with Crippen LogP contribution >= 0.6 is 0 Å². The van der Waals surface area contributed by atoms with Gasteiger partial charge < -0.3 is 4.74 Å². The molecule has 3 nitrogen and oxygen atoms in total. The third kappa shape index (κ3) is 9.62. The molecule has 1 N–H and O–H groups in total. The Kier molecular flexibility index (Phi) is 9.29. The molecule has 0 unspecified atom stereocenters. The summed E-state index contributed by atoms with van der Waals surface area (Å²) in [5.74, 6) is 0. The minimum atomic E-state index is 0.602. The molecule has 0 fully saturated rings. The van der Waals surface area contributed by atoms with Crippen LogP contribution in [0.3, 0.4) is 0 Å². The van der Waals surface area contributed by atoms with Crippen molar-refractivity contribution in [2.45, 2.75) is 12.8 Å². The summed E-state index contributed by atoms with van der Waals surface area (Å²) in [5.41, 5.74) is 2.83. The Morgan fingerprint density at radius 3 is 2.91 bits per heavy atom.